The summed E-state index contributed by atoms with van der Waals surface area (Å²) >= 11 is 4.35. The molecule has 0 bridgehead atoms. The van der Waals surface area contributed by atoms with Crippen LogP contribution >= 0.6 is 12.2 Å². The molecular formula is C6H11NO2S. The molecule has 58 valence electrons. The van der Waals surface area contributed by atoms with Gasteiger partial charge in [-0.1, -0.05) is 0 Å². The van der Waals surface area contributed by atoms with Gasteiger partial charge >= 0.3 is 5.97 Å². The number of carbonyl (C=O) groups excluding carboxylic acids is 1. The highest BCUT2D eigenvalue weighted by Crippen LogP contribution is 1.93. The molecule has 0 amide bonds. The summed E-state index contributed by atoms with van der Waals surface area (Å²) in [6, 6.07) is -0.237. The van der Waals surface area contributed by atoms with Crippen LogP contribution in [-0.4, -0.2) is 36.6 Å². The molecule has 0 heterocycles. The van der Waals surface area contributed by atoms with Crippen LogP contribution in [0.1, 0.15) is 6.92 Å². The van der Waals surface area contributed by atoms with E-state index in [1.807, 2.05) is 0 Å². The van der Waals surface area contributed by atoms with E-state index >= 15 is 0 Å². The summed E-state index contributed by atoms with van der Waals surface area (Å²) in [5.74, 6) is -0.319. The zero-order valence-corrected chi connectivity index (χ0v) is 7.14. The third kappa shape index (κ3) is 2.89. The summed E-state index contributed by atoms with van der Waals surface area (Å²) in [4.78, 5) is 12.6. The molecule has 0 aromatic rings. The Hall–Kier alpha value is -0.480. The molecule has 0 fully saturated rings. The number of hydrogen-bond acceptors (Lipinski definition) is 4. The largest absolute Gasteiger partial charge is 0.421 e. The van der Waals surface area contributed by atoms with Gasteiger partial charge in [0, 0.05) is 0 Å². The normalized spacial score (nSPS) is 12.8. The fourth-order valence-corrected chi connectivity index (χ4v) is 0.452. The summed E-state index contributed by atoms with van der Waals surface area (Å²) in [5, 5.41) is 0. The lowest BCUT2D eigenvalue weighted by Crippen LogP contribution is -2.33. The van der Waals surface area contributed by atoms with Gasteiger partial charge in [0.1, 0.15) is 6.04 Å². The fraction of sp³-hybridized carbons (Fsp3) is 0.667. The Morgan fingerprint density at radius 1 is 1.70 bits per heavy atom. The van der Waals surface area contributed by atoms with Gasteiger partial charge in [-0.05, 0) is 33.2 Å². The molecule has 0 N–H and O–H groups in total. The van der Waals surface area contributed by atoms with E-state index in [0.717, 1.165) is 5.55 Å². The molecule has 0 aliphatic rings. The number of nitrogens with zero attached hydrogens (tertiary/aromatic N) is 1. The van der Waals surface area contributed by atoms with Gasteiger partial charge in [-0.15, -0.1) is 0 Å². The number of carbonyl (C=O) groups is 1. The van der Waals surface area contributed by atoms with Crippen LogP contribution in [-0.2, 0) is 9.53 Å². The highest BCUT2D eigenvalue weighted by atomic mass is 32.1. The van der Waals surface area contributed by atoms with Gasteiger partial charge in [-0.3, -0.25) is 4.90 Å². The van der Waals surface area contributed by atoms with Crippen LogP contribution in [0.2, 0.25) is 0 Å². The number of rotatable bonds is 3. The van der Waals surface area contributed by atoms with Crippen molar-refractivity contribution in [2.45, 2.75) is 13.0 Å². The molecule has 1 atom stereocenters. The van der Waals surface area contributed by atoms with Crippen LogP contribution in [0.5, 0.6) is 0 Å². The standard InChI is InChI=1S/C6H11NO2S/c1-5(7(2)3)6(8)9-4-10/h4-5H,1-3H3. The van der Waals surface area contributed by atoms with E-state index in [1.165, 1.54) is 0 Å². The maximum Gasteiger partial charge on any atom is 0.328 e. The summed E-state index contributed by atoms with van der Waals surface area (Å²) in [5.41, 5.74) is 0.975. The number of esters is 1. The number of thiocarbonyl (C=S) groups is 1. The highest BCUT2D eigenvalue weighted by Gasteiger charge is 2.14. The zero-order chi connectivity index (χ0) is 8.15. The SMILES string of the molecule is CC(C(=O)OC=S)N(C)C. The molecule has 0 aliphatic carbocycles. The summed E-state index contributed by atoms with van der Waals surface area (Å²) in [6.07, 6.45) is 0. The van der Waals surface area contributed by atoms with Gasteiger partial charge < -0.3 is 4.74 Å². The maximum atomic E-state index is 10.8. The van der Waals surface area contributed by atoms with Crippen molar-refractivity contribution in [2.75, 3.05) is 14.1 Å². The molecule has 1 unspecified atom stereocenters. The molecular weight excluding hydrogens is 150 g/mol. The van der Waals surface area contributed by atoms with Crippen molar-refractivity contribution >= 4 is 23.7 Å². The van der Waals surface area contributed by atoms with Gasteiger partial charge in [-0.25, -0.2) is 4.79 Å². The molecule has 0 rings (SSSR count). The van der Waals surface area contributed by atoms with Crippen LogP contribution < -0.4 is 0 Å². The summed E-state index contributed by atoms with van der Waals surface area (Å²) in [7, 11) is 3.60. The van der Waals surface area contributed by atoms with Gasteiger partial charge in [-0.2, -0.15) is 0 Å². The molecule has 0 aromatic carbocycles. The van der Waals surface area contributed by atoms with Crippen molar-refractivity contribution in [2.24, 2.45) is 0 Å². The van der Waals surface area contributed by atoms with E-state index in [0.29, 0.717) is 0 Å². The average Bonchev–Trinajstić information content (AvgIpc) is 1.87. The van der Waals surface area contributed by atoms with Crippen molar-refractivity contribution in [1.29, 1.82) is 0 Å². The Labute approximate surface area is 66.0 Å². The molecule has 10 heavy (non-hydrogen) atoms. The lowest BCUT2D eigenvalue weighted by Gasteiger charge is -2.15. The zero-order valence-electron chi connectivity index (χ0n) is 6.33. The van der Waals surface area contributed by atoms with Gasteiger partial charge in [0.2, 0.25) is 0 Å². The van der Waals surface area contributed by atoms with E-state index in [-0.39, 0.29) is 12.0 Å². The molecule has 0 saturated heterocycles. The number of hydrogen-bond donors (Lipinski definition) is 0. The predicted molar refractivity (Wildman–Crippen MR) is 42.9 cm³/mol. The number of ether oxygens (including phenoxy) is 1. The van der Waals surface area contributed by atoms with Gasteiger partial charge in [0.05, 0.1) is 0 Å². The Bertz CT molecular complexity index is 136. The third-order valence-corrected chi connectivity index (χ3v) is 1.38. The first-order valence-corrected chi connectivity index (χ1v) is 3.37. The average molecular weight is 161 g/mol. The Morgan fingerprint density at radius 3 is 2.50 bits per heavy atom. The lowest BCUT2D eigenvalue weighted by atomic mass is 10.3. The first-order valence-electron chi connectivity index (χ1n) is 2.90. The summed E-state index contributed by atoms with van der Waals surface area (Å²) < 4.78 is 4.47. The quantitative estimate of drug-likeness (QED) is 0.443. The monoisotopic (exact) mass is 161 g/mol. The Balaban J connectivity index is 3.81. The molecule has 0 aromatic heterocycles. The van der Waals surface area contributed by atoms with Crippen LogP contribution in [0.15, 0.2) is 0 Å². The Kier molecular flexibility index (Phi) is 4.14. The smallest absolute Gasteiger partial charge is 0.328 e. The van der Waals surface area contributed by atoms with Crippen molar-refractivity contribution in [1.82, 2.24) is 4.90 Å². The first kappa shape index (κ1) is 9.52. The fourth-order valence-electron chi connectivity index (χ4n) is 0.357. The van der Waals surface area contributed by atoms with Crippen molar-refractivity contribution < 1.29 is 9.53 Å². The maximum absolute atomic E-state index is 10.8. The third-order valence-electron chi connectivity index (χ3n) is 1.28. The van der Waals surface area contributed by atoms with Crippen molar-refractivity contribution in [3.8, 4) is 0 Å². The van der Waals surface area contributed by atoms with E-state index < -0.39 is 0 Å². The topological polar surface area (TPSA) is 29.5 Å². The van der Waals surface area contributed by atoms with Crippen LogP contribution in [0.25, 0.3) is 0 Å². The Morgan fingerprint density at radius 2 is 2.20 bits per heavy atom. The molecule has 3 nitrogen and oxygen atoms in total. The minimum absolute atomic E-state index is 0.237. The minimum atomic E-state index is -0.319. The van der Waals surface area contributed by atoms with Gasteiger partial charge in [0.15, 0.2) is 5.55 Å². The first-order chi connectivity index (χ1) is 4.59. The molecule has 0 aliphatic heterocycles. The molecule has 0 saturated carbocycles. The van der Waals surface area contributed by atoms with Crippen LogP contribution in [0.4, 0.5) is 0 Å². The van der Waals surface area contributed by atoms with Crippen LogP contribution in [0.3, 0.4) is 0 Å². The second kappa shape index (κ2) is 4.35. The number of likely N-dealkylation sites (N-methyl/N-ethyl adjacent to an activating group) is 1. The summed E-state index contributed by atoms with van der Waals surface area (Å²) in [6.45, 7) is 1.75. The minimum Gasteiger partial charge on any atom is -0.421 e. The van der Waals surface area contributed by atoms with E-state index in [1.54, 1.807) is 25.9 Å². The predicted octanol–water partition coefficient (Wildman–Crippen LogP) is 0.437. The van der Waals surface area contributed by atoms with E-state index in [2.05, 4.69) is 17.0 Å². The van der Waals surface area contributed by atoms with E-state index in [4.69, 9.17) is 0 Å². The second-order valence-corrected chi connectivity index (χ2v) is 2.37. The van der Waals surface area contributed by atoms with Crippen molar-refractivity contribution in [3.05, 3.63) is 0 Å². The molecule has 0 radical (unpaired) electrons. The molecule has 0 spiro atoms. The van der Waals surface area contributed by atoms with E-state index in [9.17, 15) is 4.79 Å². The van der Waals surface area contributed by atoms with Crippen LogP contribution in [0, 0.1) is 0 Å². The van der Waals surface area contributed by atoms with Crippen molar-refractivity contribution in [3.63, 3.8) is 0 Å². The molecule has 4 heteroatoms. The van der Waals surface area contributed by atoms with Gasteiger partial charge in [0.25, 0.3) is 0 Å². The lowest BCUT2D eigenvalue weighted by molar-refractivity contribution is -0.139. The second-order valence-electron chi connectivity index (χ2n) is 2.17. The highest BCUT2D eigenvalue weighted by molar-refractivity contribution is 7.78.